The van der Waals surface area contributed by atoms with Crippen molar-refractivity contribution in [1.82, 2.24) is 19.6 Å². The van der Waals surface area contributed by atoms with Crippen LogP contribution in [0.2, 0.25) is 10.0 Å². The van der Waals surface area contributed by atoms with Gasteiger partial charge in [-0.15, -0.1) is 0 Å². The van der Waals surface area contributed by atoms with Crippen LogP contribution >= 0.6 is 39.1 Å². The highest BCUT2D eigenvalue weighted by Crippen LogP contribution is 2.28. The minimum Gasteiger partial charge on any atom is -0.470 e. The number of amides is 1. The van der Waals surface area contributed by atoms with Crippen LogP contribution in [0.4, 0.5) is 4.39 Å². The van der Waals surface area contributed by atoms with Crippen LogP contribution in [-0.4, -0.2) is 51.7 Å². The fraction of sp³-hybridized carbons (Fsp3) is 0.273. The van der Waals surface area contributed by atoms with Crippen LogP contribution < -0.4 is 4.74 Å². The highest BCUT2D eigenvalue weighted by molar-refractivity contribution is 9.10. The molecular weight excluding hydrogens is 522 g/mol. The van der Waals surface area contributed by atoms with Gasteiger partial charge in [-0.1, -0.05) is 29.3 Å². The standard InChI is InChI=1S/C22H20BrCl2FN4O2/c23-17-12-15(24)4-5-21(17)32-14-30-7-6-20(27-30)22(31)29-10-8-28(9-11-29)13-16-18(25)2-1-3-19(16)26/h1-7,12H,8-11,13-14H2. The number of carbonyl (C=O) groups excluding carboxylic acids is 1. The highest BCUT2D eigenvalue weighted by Gasteiger charge is 2.24. The second-order valence-electron chi connectivity index (χ2n) is 7.36. The molecule has 0 unspecified atom stereocenters. The Kier molecular flexibility index (Phi) is 7.35. The molecule has 4 rings (SSSR count). The van der Waals surface area contributed by atoms with Gasteiger partial charge >= 0.3 is 0 Å². The van der Waals surface area contributed by atoms with Crippen molar-refractivity contribution in [3.05, 3.63) is 80.3 Å². The average Bonchev–Trinajstić information content (AvgIpc) is 3.25. The Balaban J connectivity index is 1.30. The molecule has 10 heteroatoms. The van der Waals surface area contributed by atoms with Crippen LogP contribution in [0.15, 0.2) is 53.1 Å². The molecule has 1 aromatic heterocycles. The second kappa shape index (κ2) is 10.2. The van der Waals surface area contributed by atoms with E-state index < -0.39 is 0 Å². The van der Waals surface area contributed by atoms with Crippen LogP contribution in [0.5, 0.6) is 5.75 Å². The minimum absolute atomic E-state index is 0.139. The lowest BCUT2D eigenvalue weighted by Crippen LogP contribution is -2.48. The van der Waals surface area contributed by atoms with Crippen molar-refractivity contribution >= 4 is 45.0 Å². The maximum atomic E-state index is 14.0. The molecule has 1 fully saturated rings. The highest BCUT2D eigenvalue weighted by atomic mass is 79.9. The van der Waals surface area contributed by atoms with Gasteiger partial charge in [0.05, 0.1) is 4.47 Å². The lowest BCUT2D eigenvalue weighted by Gasteiger charge is -2.34. The molecule has 1 amide bonds. The van der Waals surface area contributed by atoms with Gasteiger partial charge in [-0.05, 0) is 52.3 Å². The molecule has 0 bridgehead atoms. The summed E-state index contributed by atoms with van der Waals surface area (Å²) in [6, 6.07) is 11.6. The number of carbonyl (C=O) groups is 1. The van der Waals surface area contributed by atoms with Gasteiger partial charge in [0, 0.05) is 54.5 Å². The van der Waals surface area contributed by atoms with E-state index in [0.717, 1.165) is 4.47 Å². The summed E-state index contributed by atoms with van der Waals surface area (Å²) in [5.41, 5.74) is 0.842. The van der Waals surface area contributed by atoms with Gasteiger partial charge in [0.25, 0.3) is 5.91 Å². The first kappa shape index (κ1) is 23.0. The summed E-state index contributed by atoms with van der Waals surface area (Å²) in [5.74, 6) is 0.179. The molecular formula is C22H20BrCl2FN4O2. The molecule has 1 aliphatic rings. The summed E-state index contributed by atoms with van der Waals surface area (Å²) in [6.45, 7) is 2.90. The van der Waals surface area contributed by atoms with E-state index in [1.165, 1.54) is 6.07 Å². The summed E-state index contributed by atoms with van der Waals surface area (Å²) >= 11 is 15.5. The molecule has 6 nitrogen and oxygen atoms in total. The molecule has 0 atom stereocenters. The van der Waals surface area contributed by atoms with Crippen molar-refractivity contribution in [2.24, 2.45) is 0 Å². The minimum atomic E-state index is -0.311. The monoisotopic (exact) mass is 540 g/mol. The molecule has 2 heterocycles. The maximum Gasteiger partial charge on any atom is 0.274 e. The molecule has 0 N–H and O–H groups in total. The van der Waals surface area contributed by atoms with Gasteiger partial charge in [0.1, 0.15) is 11.6 Å². The average molecular weight is 542 g/mol. The van der Waals surface area contributed by atoms with Crippen LogP contribution in [0.25, 0.3) is 0 Å². The first-order valence-electron chi connectivity index (χ1n) is 9.96. The molecule has 2 aromatic carbocycles. The molecule has 0 radical (unpaired) electrons. The van der Waals surface area contributed by atoms with E-state index in [0.29, 0.717) is 59.8 Å². The van der Waals surface area contributed by atoms with E-state index in [2.05, 4.69) is 25.9 Å². The number of rotatable bonds is 6. The number of aromatic nitrogens is 2. The van der Waals surface area contributed by atoms with Crippen molar-refractivity contribution in [1.29, 1.82) is 0 Å². The number of ether oxygens (including phenoxy) is 1. The van der Waals surface area contributed by atoms with Gasteiger partial charge < -0.3 is 9.64 Å². The van der Waals surface area contributed by atoms with E-state index in [1.807, 2.05) is 0 Å². The first-order valence-corrected chi connectivity index (χ1v) is 11.5. The van der Waals surface area contributed by atoms with Gasteiger partial charge in [0.2, 0.25) is 0 Å². The fourth-order valence-electron chi connectivity index (χ4n) is 3.45. The zero-order chi connectivity index (χ0) is 22.7. The van der Waals surface area contributed by atoms with Crippen LogP contribution in [0.3, 0.4) is 0 Å². The zero-order valence-corrected chi connectivity index (χ0v) is 20.1. The van der Waals surface area contributed by atoms with Crippen LogP contribution in [0, 0.1) is 5.82 Å². The largest absolute Gasteiger partial charge is 0.470 e. The third-order valence-corrected chi connectivity index (χ3v) is 6.42. The molecule has 32 heavy (non-hydrogen) atoms. The van der Waals surface area contributed by atoms with Crippen molar-refractivity contribution in [2.45, 2.75) is 13.3 Å². The third kappa shape index (κ3) is 5.43. The molecule has 0 saturated carbocycles. The third-order valence-electron chi connectivity index (χ3n) is 5.21. The molecule has 1 saturated heterocycles. The molecule has 168 valence electrons. The second-order valence-corrected chi connectivity index (χ2v) is 9.06. The van der Waals surface area contributed by atoms with E-state index in [1.54, 1.807) is 52.2 Å². The van der Waals surface area contributed by atoms with Crippen molar-refractivity contribution in [3.63, 3.8) is 0 Å². The van der Waals surface area contributed by atoms with E-state index in [9.17, 15) is 9.18 Å². The molecule has 3 aromatic rings. The summed E-state index contributed by atoms with van der Waals surface area (Å²) < 4.78 is 22.1. The Morgan fingerprint density at radius 1 is 1.12 bits per heavy atom. The summed E-state index contributed by atoms with van der Waals surface area (Å²) in [4.78, 5) is 16.7. The SMILES string of the molecule is O=C(c1ccn(COc2ccc(Cl)cc2Br)n1)N1CCN(Cc2c(F)cccc2Cl)CC1. The number of halogens is 4. The lowest BCUT2D eigenvalue weighted by molar-refractivity contribution is 0.0619. The van der Waals surface area contributed by atoms with Gasteiger partial charge in [-0.25, -0.2) is 9.07 Å². The predicted molar refractivity (Wildman–Crippen MR) is 125 cm³/mol. The number of benzene rings is 2. The lowest BCUT2D eigenvalue weighted by atomic mass is 10.1. The maximum absolute atomic E-state index is 14.0. The summed E-state index contributed by atoms with van der Waals surface area (Å²) in [5, 5.41) is 5.36. The Bertz CT molecular complexity index is 1100. The first-order chi connectivity index (χ1) is 15.4. The Labute approximate surface area is 203 Å². The zero-order valence-electron chi connectivity index (χ0n) is 17.0. The Morgan fingerprint density at radius 3 is 2.62 bits per heavy atom. The van der Waals surface area contributed by atoms with Crippen LogP contribution in [0.1, 0.15) is 16.1 Å². The molecule has 0 aliphatic carbocycles. The fourth-order valence-corrected chi connectivity index (χ4v) is 4.47. The van der Waals surface area contributed by atoms with Crippen molar-refractivity contribution in [3.8, 4) is 5.75 Å². The van der Waals surface area contributed by atoms with E-state index in [4.69, 9.17) is 27.9 Å². The summed E-state index contributed by atoms with van der Waals surface area (Å²) in [7, 11) is 0. The summed E-state index contributed by atoms with van der Waals surface area (Å²) in [6.07, 6.45) is 1.70. The number of hydrogen-bond donors (Lipinski definition) is 0. The number of piperazine rings is 1. The van der Waals surface area contributed by atoms with Crippen molar-refractivity contribution < 1.29 is 13.9 Å². The predicted octanol–water partition coefficient (Wildman–Crippen LogP) is 5.09. The van der Waals surface area contributed by atoms with E-state index >= 15 is 0 Å². The number of hydrogen-bond acceptors (Lipinski definition) is 4. The quantitative estimate of drug-likeness (QED) is 0.436. The van der Waals surface area contributed by atoms with Gasteiger partial charge in [-0.2, -0.15) is 5.10 Å². The normalized spacial score (nSPS) is 14.6. The van der Waals surface area contributed by atoms with Gasteiger partial charge in [0.15, 0.2) is 12.4 Å². The number of nitrogens with zero attached hydrogens (tertiary/aromatic N) is 4. The topological polar surface area (TPSA) is 50.6 Å². The van der Waals surface area contributed by atoms with E-state index in [-0.39, 0.29) is 18.5 Å². The Morgan fingerprint density at radius 2 is 1.91 bits per heavy atom. The van der Waals surface area contributed by atoms with Crippen LogP contribution in [-0.2, 0) is 13.3 Å². The Hall–Kier alpha value is -2.13. The van der Waals surface area contributed by atoms with Gasteiger partial charge in [-0.3, -0.25) is 9.69 Å². The van der Waals surface area contributed by atoms with Crippen molar-refractivity contribution in [2.75, 3.05) is 26.2 Å². The smallest absolute Gasteiger partial charge is 0.274 e. The molecule has 1 aliphatic heterocycles. The molecule has 0 spiro atoms.